The van der Waals surface area contributed by atoms with E-state index >= 15 is 0 Å². The summed E-state index contributed by atoms with van der Waals surface area (Å²) >= 11 is 0. The molecular formula is C24H22N2O5. The lowest BCUT2D eigenvalue weighted by atomic mass is 10.1. The van der Waals surface area contributed by atoms with Gasteiger partial charge in [0.15, 0.2) is 0 Å². The predicted molar refractivity (Wildman–Crippen MR) is 117 cm³/mol. The van der Waals surface area contributed by atoms with Gasteiger partial charge >= 0.3 is 6.16 Å². The second kappa shape index (κ2) is 10.6. The molecule has 0 aliphatic carbocycles. The zero-order chi connectivity index (χ0) is 22.1. The zero-order valence-corrected chi connectivity index (χ0v) is 17.0. The topological polar surface area (TPSA) is 93.7 Å². The number of hydrogen-bond donors (Lipinski definition) is 2. The van der Waals surface area contributed by atoms with Crippen LogP contribution >= 0.6 is 0 Å². The molecule has 7 heteroatoms. The summed E-state index contributed by atoms with van der Waals surface area (Å²) in [6.45, 7) is 1.89. The van der Waals surface area contributed by atoms with Crippen LogP contribution in [0.5, 0.6) is 5.75 Å². The minimum atomic E-state index is -0.800. The van der Waals surface area contributed by atoms with Crippen molar-refractivity contribution < 1.29 is 23.9 Å². The summed E-state index contributed by atoms with van der Waals surface area (Å²) in [6, 6.07) is 22.4. The Morgan fingerprint density at radius 2 is 1.48 bits per heavy atom. The summed E-state index contributed by atoms with van der Waals surface area (Å²) in [5, 5.41) is 5.61. The molecule has 7 nitrogen and oxygen atoms in total. The molecule has 0 spiro atoms. The van der Waals surface area contributed by atoms with Crippen LogP contribution in [0.2, 0.25) is 0 Å². The average molecular weight is 418 g/mol. The van der Waals surface area contributed by atoms with E-state index in [-0.39, 0.29) is 30.6 Å². The fraction of sp³-hybridized carbons (Fsp3) is 0.125. The minimum Gasteiger partial charge on any atom is -0.434 e. The molecule has 0 fully saturated rings. The Morgan fingerprint density at radius 3 is 2.16 bits per heavy atom. The molecule has 3 rings (SSSR count). The van der Waals surface area contributed by atoms with Gasteiger partial charge in [-0.05, 0) is 55.0 Å². The maximum atomic E-state index is 12.5. The lowest BCUT2D eigenvalue weighted by Gasteiger charge is -2.10. The first-order valence-electron chi connectivity index (χ1n) is 9.73. The molecule has 158 valence electrons. The van der Waals surface area contributed by atoms with E-state index in [0.29, 0.717) is 16.9 Å². The smallest absolute Gasteiger partial charge is 0.434 e. The molecule has 0 saturated heterocycles. The van der Waals surface area contributed by atoms with E-state index in [1.54, 1.807) is 31.2 Å². The predicted octanol–water partition coefficient (Wildman–Crippen LogP) is 4.66. The second-order valence-corrected chi connectivity index (χ2v) is 6.55. The Kier molecular flexibility index (Phi) is 7.37. The van der Waals surface area contributed by atoms with Gasteiger partial charge in [-0.1, -0.05) is 36.4 Å². The number of ether oxygens (including phenoxy) is 2. The molecule has 3 aromatic carbocycles. The molecule has 31 heavy (non-hydrogen) atoms. The fourth-order valence-corrected chi connectivity index (χ4v) is 2.78. The van der Waals surface area contributed by atoms with Crippen LogP contribution in [0.4, 0.5) is 16.2 Å². The van der Waals surface area contributed by atoms with Gasteiger partial charge in [0, 0.05) is 16.9 Å². The maximum absolute atomic E-state index is 12.5. The summed E-state index contributed by atoms with van der Waals surface area (Å²) in [7, 11) is 0. The van der Waals surface area contributed by atoms with Gasteiger partial charge in [-0.2, -0.15) is 0 Å². The SMILES string of the molecule is CCOC(=O)Oc1ccc(C(=O)Nc2cccc(NC(=O)Cc3ccccc3)c2)cc1. The van der Waals surface area contributed by atoms with E-state index in [1.807, 2.05) is 30.3 Å². The number of benzene rings is 3. The third-order valence-electron chi connectivity index (χ3n) is 4.19. The molecule has 0 bridgehead atoms. The Balaban J connectivity index is 1.58. The van der Waals surface area contributed by atoms with E-state index in [9.17, 15) is 14.4 Å². The molecule has 0 atom stereocenters. The van der Waals surface area contributed by atoms with Gasteiger partial charge in [-0.15, -0.1) is 0 Å². The molecule has 0 aromatic heterocycles. The molecule has 0 heterocycles. The van der Waals surface area contributed by atoms with E-state index < -0.39 is 6.16 Å². The van der Waals surface area contributed by atoms with Crippen LogP contribution in [-0.4, -0.2) is 24.6 Å². The van der Waals surface area contributed by atoms with Gasteiger partial charge in [0.2, 0.25) is 5.91 Å². The normalized spacial score (nSPS) is 10.1. The number of hydrogen-bond acceptors (Lipinski definition) is 5. The molecule has 0 aliphatic heterocycles. The van der Waals surface area contributed by atoms with E-state index in [4.69, 9.17) is 9.47 Å². The third kappa shape index (κ3) is 6.71. The summed E-state index contributed by atoms with van der Waals surface area (Å²) in [5.41, 5.74) is 2.42. The van der Waals surface area contributed by atoms with Crippen molar-refractivity contribution >= 4 is 29.3 Å². The van der Waals surface area contributed by atoms with Crippen molar-refractivity contribution in [2.45, 2.75) is 13.3 Å². The number of anilines is 2. The van der Waals surface area contributed by atoms with E-state index in [0.717, 1.165) is 5.56 Å². The molecule has 3 aromatic rings. The minimum absolute atomic E-state index is 0.146. The summed E-state index contributed by atoms with van der Waals surface area (Å²) in [6.07, 6.45) is -0.539. The first-order valence-corrected chi connectivity index (χ1v) is 9.73. The number of nitrogens with one attached hydrogen (secondary N) is 2. The Bertz CT molecular complexity index is 1050. The zero-order valence-electron chi connectivity index (χ0n) is 17.0. The van der Waals surface area contributed by atoms with Crippen LogP contribution in [0.25, 0.3) is 0 Å². The first kappa shape index (κ1) is 21.6. The van der Waals surface area contributed by atoms with Gasteiger partial charge in [-0.3, -0.25) is 9.59 Å². The Morgan fingerprint density at radius 1 is 0.806 bits per heavy atom. The highest BCUT2D eigenvalue weighted by Gasteiger charge is 2.10. The van der Waals surface area contributed by atoms with Crippen LogP contribution in [0.1, 0.15) is 22.8 Å². The van der Waals surface area contributed by atoms with Crippen molar-refractivity contribution in [3.05, 3.63) is 90.0 Å². The average Bonchev–Trinajstić information content (AvgIpc) is 2.75. The van der Waals surface area contributed by atoms with Crippen LogP contribution in [-0.2, 0) is 16.0 Å². The highest BCUT2D eigenvalue weighted by Crippen LogP contribution is 2.18. The number of amides is 2. The van der Waals surface area contributed by atoms with Crippen LogP contribution in [0, 0.1) is 0 Å². The number of carbonyl (C=O) groups is 3. The van der Waals surface area contributed by atoms with Crippen LogP contribution in [0.15, 0.2) is 78.9 Å². The van der Waals surface area contributed by atoms with Crippen molar-refractivity contribution in [2.24, 2.45) is 0 Å². The Hall–Kier alpha value is -4.13. The van der Waals surface area contributed by atoms with Crippen molar-refractivity contribution in [1.82, 2.24) is 0 Å². The number of carbonyl (C=O) groups excluding carboxylic acids is 3. The lowest BCUT2D eigenvalue weighted by molar-refractivity contribution is -0.115. The second-order valence-electron chi connectivity index (χ2n) is 6.55. The van der Waals surface area contributed by atoms with Gasteiger partial charge in [0.25, 0.3) is 5.91 Å². The van der Waals surface area contributed by atoms with Crippen molar-refractivity contribution in [3.63, 3.8) is 0 Å². The van der Waals surface area contributed by atoms with E-state index in [1.165, 1.54) is 24.3 Å². The molecule has 0 unspecified atom stereocenters. The molecule has 0 radical (unpaired) electrons. The molecular weight excluding hydrogens is 396 g/mol. The maximum Gasteiger partial charge on any atom is 0.513 e. The van der Waals surface area contributed by atoms with Gasteiger partial charge < -0.3 is 20.1 Å². The van der Waals surface area contributed by atoms with Crippen molar-refractivity contribution in [2.75, 3.05) is 17.2 Å². The molecule has 0 saturated carbocycles. The lowest BCUT2D eigenvalue weighted by Crippen LogP contribution is -2.15. The monoisotopic (exact) mass is 418 g/mol. The number of rotatable bonds is 7. The van der Waals surface area contributed by atoms with Gasteiger partial charge in [-0.25, -0.2) is 4.79 Å². The third-order valence-corrected chi connectivity index (χ3v) is 4.19. The van der Waals surface area contributed by atoms with Crippen LogP contribution < -0.4 is 15.4 Å². The highest BCUT2D eigenvalue weighted by molar-refractivity contribution is 6.04. The Labute approximate surface area is 180 Å². The molecule has 2 amide bonds. The van der Waals surface area contributed by atoms with Gasteiger partial charge in [0.05, 0.1) is 13.0 Å². The largest absolute Gasteiger partial charge is 0.513 e. The van der Waals surface area contributed by atoms with Crippen molar-refractivity contribution in [1.29, 1.82) is 0 Å². The summed E-state index contributed by atoms with van der Waals surface area (Å²) in [4.78, 5) is 36.1. The first-order chi connectivity index (χ1) is 15.0. The van der Waals surface area contributed by atoms with Gasteiger partial charge in [0.1, 0.15) is 5.75 Å². The quantitative estimate of drug-likeness (QED) is 0.430. The van der Waals surface area contributed by atoms with Crippen LogP contribution in [0.3, 0.4) is 0 Å². The summed E-state index contributed by atoms with van der Waals surface area (Å²) < 4.78 is 9.67. The highest BCUT2D eigenvalue weighted by atomic mass is 16.7. The van der Waals surface area contributed by atoms with Crippen molar-refractivity contribution in [3.8, 4) is 5.75 Å². The fourth-order valence-electron chi connectivity index (χ4n) is 2.78. The van der Waals surface area contributed by atoms with E-state index in [2.05, 4.69) is 10.6 Å². The summed E-state index contributed by atoms with van der Waals surface area (Å²) in [5.74, 6) is -0.208. The molecule has 0 aliphatic rings. The molecule has 2 N–H and O–H groups in total. The standard InChI is InChI=1S/C24H22N2O5/c1-2-30-24(29)31-21-13-11-18(12-14-21)23(28)26-20-10-6-9-19(16-20)25-22(27)15-17-7-4-3-5-8-17/h3-14,16H,2,15H2,1H3,(H,25,27)(H,26,28).